The van der Waals surface area contributed by atoms with Crippen molar-refractivity contribution < 1.29 is 14.3 Å². The van der Waals surface area contributed by atoms with Crippen LogP contribution in [0.3, 0.4) is 0 Å². The molecule has 1 atom stereocenters. The Morgan fingerprint density at radius 1 is 1.29 bits per heavy atom. The molecule has 2 N–H and O–H groups in total. The maximum atomic E-state index is 11.7. The van der Waals surface area contributed by atoms with E-state index in [2.05, 4.69) is 0 Å². The van der Waals surface area contributed by atoms with Crippen LogP contribution in [0.4, 0.5) is 0 Å². The molecular formula is C11H21N3O3. The summed E-state index contributed by atoms with van der Waals surface area (Å²) in [4.78, 5) is 26.4. The van der Waals surface area contributed by atoms with Crippen molar-refractivity contribution in [1.82, 2.24) is 9.80 Å². The monoisotopic (exact) mass is 243 g/mol. The summed E-state index contributed by atoms with van der Waals surface area (Å²) in [5, 5.41) is 0. The van der Waals surface area contributed by atoms with E-state index in [1.807, 2.05) is 13.8 Å². The zero-order valence-electron chi connectivity index (χ0n) is 10.5. The number of ether oxygens (including phenoxy) is 1. The molecule has 2 amide bonds. The zero-order chi connectivity index (χ0) is 12.8. The average molecular weight is 243 g/mol. The van der Waals surface area contributed by atoms with Crippen molar-refractivity contribution in [3.8, 4) is 0 Å². The summed E-state index contributed by atoms with van der Waals surface area (Å²) in [6, 6.07) is 0. The van der Waals surface area contributed by atoms with Crippen molar-refractivity contribution in [3.05, 3.63) is 0 Å². The first-order valence-electron chi connectivity index (χ1n) is 5.95. The quantitative estimate of drug-likeness (QED) is 0.652. The van der Waals surface area contributed by atoms with Gasteiger partial charge in [0.25, 0.3) is 0 Å². The number of rotatable bonds is 6. The first-order chi connectivity index (χ1) is 8.08. The van der Waals surface area contributed by atoms with Crippen molar-refractivity contribution >= 4 is 11.8 Å². The number of nitrogens with zero attached hydrogens (tertiary/aromatic N) is 2. The van der Waals surface area contributed by atoms with Crippen molar-refractivity contribution in [3.63, 3.8) is 0 Å². The molecule has 0 radical (unpaired) electrons. The molecule has 1 unspecified atom stereocenters. The molecule has 0 spiro atoms. The lowest BCUT2D eigenvalue weighted by Gasteiger charge is -2.33. The number of carbonyl (C=O) groups excluding carboxylic acids is 2. The van der Waals surface area contributed by atoms with Crippen LogP contribution in [-0.4, -0.2) is 67.0 Å². The normalized spacial score (nSPS) is 18.8. The van der Waals surface area contributed by atoms with E-state index in [-0.39, 0.29) is 31.0 Å². The Morgan fingerprint density at radius 2 is 1.88 bits per heavy atom. The van der Waals surface area contributed by atoms with Crippen molar-refractivity contribution in [2.75, 3.05) is 39.3 Å². The Balaban J connectivity index is 2.35. The summed E-state index contributed by atoms with van der Waals surface area (Å²) >= 11 is 0. The second-order valence-electron chi connectivity index (χ2n) is 4.14. The summed E-state index contributed by atoms with van der Waals surface area (Å²) in [6.07, 6.45) is -0.0160. The van der Waals surface area contributed by atoms with Crippen LogP contribution >= 0.6 is 0 Å². The number of piperazine rings is 1. The Morgan fingerprint density at radius 3 is 2.47 bits per heavy atom. The summed E-state index contributed by atoms with van der Waals surface area (Å²) in [5.74, 6) is -0.0191. The molecule has 1 aliphatic rings. The third-order valence-electron chi connectivity index (χ3n) is 2.83. The van der Waals surface area contributed by atoms with Gasteiger partial charge < -0.3 is 20.3 Å². The van der Waals surface area contributed by atoms with Gasteiger partial charge in [-0.2, -0.15) is 0 Å². The first-order valence-corrected chi connectivity index (χ1v) is 5.95. The largest absolute Gasteiger partial charge is 0.375 e. The average Bonchev–Trinajstić information content (AvgIpc) is 2.32. The number of hydrogen-bond donors (Lipinski definition) is 1. The van der Waals surface area contributed by atoms with E-state index in [1.54, 1.807) is 4.90 Å². The lowest BCUT2D eigenvalue weighted by molar-refractivity contribution is -0.150. The van der Waals surface area contributed by atoms with Crippen LogP contribution in [0, 0.1) is 0 Å². The predicted molar refractivity (Wildman–Crippen MR) is 63.3 cm³/mol. The second-order valence-corrected chi connectivity index (χ2v) is 4.14. The minimum atomic E-state index is -0.0181. The molecule has 0 aromatic heterocycles. The number of carbonyl (C=O) groups is 2. The number of amides is 2. The zero-order valence-corrected chi connectivity index (χ0v) is 10.5. The molecule has 0 bridgehead atoms. The number of likely N-dealkylation sites (N-methyl/N-ethyl adjacent to an activating group) is 1. The second kappa shape index (κ2) is 6.56. The Kier molecular flexibility index (Phi) is 5.37. The van der Waals surface area contributed by atoms with Crippen molar-refractivity contribution in [2.24, 2.45) is 5.73 Å². The van der Waals surface area contributed by atoms with E-state index in [0.29, 0.717) is 26.2 Å². The van der Waals surface area contributed by atoms with Gasteiger partial charge in [-0.25, -0.2) is 0 Å². The van der Waals surface area contributed by atoms with Gasteiger partial charge in [0.2, 0.25) is 11.8 Å². The van der Waals surface area contributed by atoms with Crippen LogP contribution in [0.2, 0.25) is 0 Å². The predicted octanol–water partition coefficient (Wildman–Crippen LogP) is -0.959. The first kappa shape index (κ1) is 13.9. The molecule has 1 fully saturated rings. The Hall–Kier alpha value is -1.14. The van der Waals surface area contributed by atoms with Gasteiger partial charge in [-0.3, -0.25) is 9.59 Å². The van der Waals surface area contributed by atoms with Gasteiger partial charge in [-0.1, -0.05) is 0 Å². The molecule has 0 aliphatic carbocycles. The van der Waals surface area contributed by atoms with Crippen LogP contribution in [0.1, 0.15) is 13.8 Å². The number of hydrogen-bond acceptors (Lipinski definition) is 4. The molecule has 0 aromatic carbocycles. The van der Waals surface area contributed by atoms with Gasteiger partial charge in [-0.05, 0) is 13.8 Å². The highest BCUT2D eigenvalue weighted by Gasteiger charge is 2.28. The van der Waals surface area contributed by atoms with Gasteiger partial charge in [-0.15, -0.1) is 0 Å². The van der Waals surface area contributed by atoms with E-state index in [1.165, 1.54) is 4.90 Å². The molecule has 1 aliphatic heterocycles. The minimum Gasteiger partial charge on any atom is -0.375 e. The van der Waals surface area contributed by atoms with E-state index < -0.39 is 0 Å². The van der Waals surface area contributed by atoms with Gasteiger partial charge >= 0.3 is 0 Å². The number of nitrogens with two attached hydrogens (primary N) is 1. The molecule has 6 nitrogen and oxygen atoms in total. The third kappa shape index (κ3) is 3.98. The summed E-state index contributed by atoms with van der Waals surface area (Å²) in [5.41, 5.74) is 5.41. The van der Waals surface area contributed by atoms with Crippen LogP contribution in [-0.2, 0) is 14.3 Å². The third-order valence-corrected chi connectivity index (χ3v) is 2.83. The fourth-order valence-electron chi connectivity index (χ4n) is 1.63. The maximum Gasteiger partial charge on any atom is 0.242 e. The van der Waals surface area contributed by atoms with Crippen molar-refractivity contribution in [1.29, 1.82) is 0 Å². The minimum absolute atomic E-state index is 0.000951. The van der Waals surface area contributed by atoms with Gasteiger partial charge in [0.15, 0.2) is 0 Å². The Labute approximate surface area is 102 Å². The lowest BCUT2D eigenvalue weighted by atomic mass is 10.3. The van der Waals surface area contributed by atoms with Crippen molar-refractivity contribution in [2.45, 2.75) is 20.0 Å². The van der Waals surface area contributed by atoms with Crippen LogP contribution in [0.15, 0.2) is 0 Å². The fraction of sp³-hybridized carbons (Fsp3) is 0.818. The SMILES string of the molecule is CCN1CC(=O)N(CCOC(C)CN)CC1=O. The molecule has 0 aromatic rings. The highest BCUT2D eigenvalue weighted by molar-refractivity contribution is 5.92. The summed E-state index contributed by atoms with van der Waals surface area (Å²) < 4.78 is 5.39. The van der Waals surface area contributed by atoms with Crippen LogP contribution in [0.25, 0.3) is 0 Å². The standard InChI is InChI=1S/C11H21N3O3/c1-3-13-7-11(16)14(8-10(13)15)4-5-17-9(2)6-12/h9H,3-8,12H2,1-2H3. The van der Waals surface area contributed by atoms with Gasteiger partial charge in [0, 0.05) is 19.6 Å². The summed E-state index contributed by atoms with van der Waals surface area (Å²) in [6.45, 7) is 6.00. The van der Waals surface area contributed by atoms with E-state index in [0.717, 1.165) is 0 Å². The van der Waals surface area contributed by atoms with E-state index >= 15 is 0 Å². The fourth-order valence-corrected chi connectivity index (χ4v) is 1.63. The molecule has 1 saturated heterocycles. The highest BCUT2D eigenvalue weighted by atomic mass is 16.5. The molecule has 1 rings (SSSR count). The molecule has 98 valence electrons. The highest BCUT2D eigenvalue weighted by Crippen LogP contribution is 2.04. The van der Waals surface area contributed by atoms with Crippen LogP contribution in [0.5, 0.6) is 0 Å². The summed E-state index contributed by atoms with van der Waals surface area (Å²) in [7, 11) is 0. The van der Waals surface area contributed by atoms with E-state index in [4.69, 9.17) is 10.5 Å². The molecular weight excluding hydrogens is 222 g/mol. The van der Waals surface area contributed by atoms with Crippen LogP contribution < -0.4 is 5.73 Å². The molecule has 6 heteroatoms. The Bertz CT molecular complexity index is 283. The van der Waals surface area contributed by atoms with E-state index in [9.17, 15) is 9.59 Å². The van der Waals surface area contributed by atoms with Gasteiger partial charge in [0.05, 0.1) is 25.8 Å². The van der Waals surface area contributed by atoms with Gasteiger partial charge in [0.1, 0.15) is 0 Å². The molecule has 0 saturated carbocycles. The molecule has 1 heterocycles. The lowest BCUT2D eigenvalue weighted by Crippen LogP contribution is -2.54. The topological polar surface area (TPSA) is 75.9 Å². The maximum absolute atomic E-state index is 11.7. The smallest absolute Gasteiger partial charge is 0.242 e. The molecule has 17 heavy (non-hydrogen) atoms.